The van der Waals surface area contributed by atoms with Crippen LogP contribution in [-0.4, -0.2) is 32.3 Å². The Morgan fingerprint density at radius 3 is 2.83 bits per heavy atom. The lowest BCUT2D eigenvalue weighted by Gasteiger charge is -2.26. The molecule has 0 aromatic carbocycles. The van der Waals surface area contributed by atoms with E-state index in [0.29, 0.717) is 13.2 Å². The van der Waals surface area contributed by atoms with E-state index < -0.39 is 0 Å². The molecule has 0 aliphatic carbocycles. The normalized spacial score (nSPS) is 28.8. The number of carbonyl (C=O) groups excluding carboxylic acids is 1. The third-order valence-corrected chi connectivity index (χ3v) is 1.91. The molecule has 0 saturated carbocycles. The quantitative estimate of drug-likeness (QED) is 0.596. The van der Waals surface area contributed by atoms with Crippen LogP contribution in [0.3, 0.4) is 0 Å². The van der Waals surface area contributed by atoms with E-state index in [1.807, 2.05) is 0 Å². The molecule has 2 atom stereocenters. The van der Waals surface area contributed by atoms with Gasteiger partial charge in [-0.1, -0.05) is 0 Å². The molecule has 12 heavy (non-hydrogen) atoms. The van der Waals surface area contributed by atoms with Crippen molar-refractivity contribution >= 4 is 18.4 Å². The molecule has 1 rings (SSSR count). The van der Waals surface area contributed by atoms with Crippen LogP contribution in [0.1, 0.15) is 6.42 Å². The monoisotopic (exact) mass is 195 g/mol. The first-order valence-corrected chi connectivity index (χ1v) is 3.67. The number of hydrogen-bond donors (Lipinski definition) is 1. The van der Waals surface area contributed by atoms with E-state index in [0.717, 1.165) is 6.42 Å². The first-order chi connectivity index (χ1) is 5.25. The van der Waals surface area contributed by atoms with Gasteiger partial charge >= 0.3 is 5.97 Å². The Morgan fingerprint density at radius 1 is 1.67 bits per heavy atom. The predicted molar refractivity (Wildman–Crippen MR) is 46.2 cm³/mol. The van der Waals surface area contributed by atoms with Crippen molar-refractivity contribution in [3.63, 3.8) is 0 Å². The van der Waals surface area contributed by atoms with Gasteiger partial charge in [0.1, 0.15) is 0 Å². The second-order valence-electron chi connectivity index (χ2n) is 2.66. The highest BCUT2D eigenvalue weighted by atomic mass is 35.5. The molecule has 0 radical (unpaired) electrons. The highest BCUT2D eigenvalue weighted by Gasteiger charge is 2.29. The summed E-state index contributed by atoms with van der Waals surface area (Å²) in [5.41, 5.74) is 5.67. The van der Waals surface area contributed by atoms with Crippen LogP contribution >= 0.6 is 12.4 Å². The van der Waals surface area contributed by atoms with E-state index in [1.165, 1.54) is 7.11 Å². The van der Waals surface area contributed by atoms with Gasteiger partial charge in [0.05, 0.1) is 19.6 Å². The van der Waals surface area contributed by atoms with Crippen LogP contribution < -0.4 is 5.73 Å². The van der Waals surface area contributed by atoms with E-state index >= 15 is 0 Å². The number of methoxy groups -OCH3 is 1. The summed E-state index contributed by atoms with van der Waals surface area (Å²) >= 11 is 0. The van der Waals surface area contributed by atoms with E-state index in [2.05, 4.69) is 4.74 Å². The van der Waals surface area contributed by atoms with Gasteiger partial charge in [0.2, 0.25) is 0 Å². The number of esters is 1. The summed E-state index contributed by atoms with van der Waals surface area (Å²) in [6.45, 7) is 1.04. The summed E-state index contributed by atoms with van der Waals surface area (Å²) in [5, 5.41) is 0. The van der Waals surface area contributed by atoms with Gasteiger partial charge in [-0.25, -0.2) is 0 Å². The Labute approximate surface area is 77.8 Å². The molecule has 2 N–H and O–H groups in total. The van der Waals surface area contributed by atoms with Gasteiger partial charge in [0, 0.05) is 12.6 Å². The molecular formula is C7H14ClNO3. The van der Waals surface area contributed by atoms with Gasteiger partial charge < -0.3 is 15.2 Å². The molecule has 0 bridgehead atoms. The molecule has 1 aliphatic rings. The molecule has 5 heteroatoms. The molecule has 0 aromatic heterocycles. The molecule has 1 heterocycles. The Hall–Kier alpha value is -0.320. The zero-order chi connectivity index (χ0) is 8.27. The molecule has 0 amide bonds. The topological polar surface area (TPSA) is 61.5 Å². The standard InChI is InChI=1S/C7H13NO3.ClH/c1-10-7(9)5-4-11-3-2-6(5)8;/h5-6H,2-4,8H2,1H3;1H. The fourth-order valence-electron chi connectivity index (χ4n) is 1.15. The van der Waals surface area contributed by atoms with Gasteiger partial charge in [-0.3, -0.25) is 4.79 Å². The van der Waals surface area contributed by atoms with Crippen molar-refractivity contribution in [3.8, 4) is 0 Å². The van der Waals surface area contributed by atoms with Crippen molar-refractivity contribution in [1.29, 1.82) is 0 Å². The van der Waals surface area contributed by atoms with E-state index in [1.54, 1.807) is 0 Å². The number of nitrogens with two attached hydrogens (primary N) is 1. The Kier molecular flexibility index (Phi) is 5.20. The Balaban J connectivity index is 0.00000121. The molecular weight excluding hydrogens is 182 g/mol. The number of carbonyl (C=O) groups is 1. The molecule has 0 spiro atoms. The third-order valence-electron chi connectivity index (χ3n) is 1.91. The van der Waals surface area contributed by atoms with Gasteiger partial charge in [-0.15, -0.1) is 12.4 Å². The predicted octanol–water partition coefficient (Wildman–Crippen LogP) is -0.0550. The zero-order valence-corrected chi connectivity index (χ0v) is 7.80. The molecule has 0 aromatic rings. The molecule has 1 saturated heterocycles. The smallest absolute Gasteiger partial charge is 0.312 e. The highest BCUT2D eigenvalue weighted by molar-refractivity contribution is 5.85. The number of halogens is 1. The molecule has 4 nitrogen and oxygen atoms in total. The minimum atomic E-state index is -0.270. The lowest BCUT2D eigenvalue weighted by atomic mass is 9.97. The first-order valence-electron chi connectivity index (χ1n) is 3.67. The average Bonchev–Trinajstić information content (AvgIpc) is 2.04. The molecule has 1 aliphatic heterocycles. The van der Waals surface area contributed by atoms with Gasteiger partial charge in [-0.2, -0.15) is 0 Å². The van der Waals surface area contributed by atoms with Gasteiger partial charge in [0.25, 0.3) is 0 Å². The second-order valence-corrected chi connectivity index (χ2v) is 2.66. The minimum absolute atomic E-state index is 0. The second kappa shape index (κ2) is 5.35. The highest BCUT2D eigenvalue weighted by Crippen LogP contribution is 2.13. The summed E-state index contributed by atoms with van der Waals surface area (Å²) in [4.78, 5) is 11.0. The molecule has 72 valence electrons. The van der Waals surface area contributed by atoms with Crippen LogP contribution in [0.25, 0.3) is 0 Å². The fraction of sp³-hybridized carbons (Fsp3) is 0.857. The van der Waals surface area contributed by atoms with E-state index in [9.17, 15) is 4.79 Å². The van der Waals surface area contributed by atoms with Crippen molar-refractivity contribution in [2.45, 2.75) is 12.5 Å². The Bertz CT molecular complexity index is 154. The minimum Gasteiger partial charge on any atom is -0.469 e. The summed E-state index contributed by atoms with van der Waals surface area (Å²) in [6.07, 6.45) is 0.736. The maximum Gasteiger partial charge on any atom is 0.312 e. The summed E-state index contributed by atoms with van der Waals surface area (Å²) in [6, 6.07) is -0.101. The van der Waals surface area contributed by atoms with Crippen molar-refractivity contribution < 1.29 is 14.3 Å². The molecule has 1 fully saturated rings. The van der Waals surface area contributed by atoms with E-state index in [-0.39, 0.29) is 30.3 Å². The van der Waals surface area contributed by atoms with Crippen LogP contribution in [0, 0.1) is 5.92 Å². The van der Waals surface area contributed by atoms with Crippen molar-refractivity contribution in [1.82, 2.24) is 0 Å². The summed E-state index contributed by atoms with van der Waals surface area (Å²) < 4.78 is 9.66. The van der Waals surface area contributed by atoms with Crippen LogP contribution in [-0.2, 0) is 14.3 Å². The van der Waals surface area contributed by atoms with Crippen LogP contribution in [0.2, 0.25) is 0 Å². The first kappa shape index (κ1) is 11.7. The number of hydrogen-bond acceptors (Lipinski definition) is 4. The largest absolute Gasteiger partial charge is 0.469 e. The van der Waals surface area contributed by atoms with Crippen molar-refractivity contribution in [2.75, 3.05) is 20.3 Å². The Morgan fingerprint density at radius 2 is 2.33 bits per heavy atom. The van der Waals surface area contributed by atoms with E-state index in [4.69, 9.17) is 10.5 Å². The lowest BCUT2D eigenvalue weighted by Crippen LogP contribution is -2.43. The SMILES string of the molecule is COC(=O)C1COCCC1N.Cl. The van der Waals surface area contributed by atoms with Crippen molar-refractivity contribution in [3.05, 3.63) is 0 Å². The van der Waals surface area contributed by atoms with Crippen LogP contribution in [0.4, 0.5) is 0 Å². The third kappa shape index (κ3) is 2.62. The maximum atomic E-state index is 11.0. The molecule has 2 unspecified atom stereocenters. The number of rotatable bonds is 1. The lowest BCUT2D eigenvalue weighted by molar-refractivity contribution is -0.150. The summed E-state index contributed by atoms with van der Waals surface area (Å²) in [5.74, 6) is -0.536. The van der Waals surface area contributed by atoms with Crippen molar-refractivity contribution in [2.24, 2.45) is 11.7 Å². The van der Waals surface area contributed by atoms with Gasteiger partial charge in [-0.05, 0) is 6.42 Å². The van der Waals surface area contributed by atoms with Crippen LogP contribution in [0.15, 0.2) is 0 Å². The average molecular weight is 196 g/mol. The summed E-state index contributed by atoms with van der Waals surface area (Å²) in [7, 11) is 1.36. The zero-order valence-electron chi connectivity index (χ0n) is 6.99. The van der Waals surface area contributed by atoms with Gasteiger partial charge in [0.15, 0.2) is 0 Å². The fourth-order valence-corrected chi connectivity index (χ4v) is 1.15. The van der Waals surface area contributed by atoms with Crippen LogP contribution in [0.5, 0.6) is 0 Å². The maximum absolute atomic E-state index is 11.0. The number of ether oxygens (including phenoxy) is 2.